The zero-order valence-corrected chi connectivity index (χ0v) is 11.8. The predicted molar refractivity (Wildman–Crippen MR) is 71.4 cm³/mol. The summed E-state index contributed by atoms with van der Waals surface area (Å²) in [5, 5.41) is 2.99. The number of H-pyrrole nitrogens is 1. The van der Waals surface area contributed by atoms with Crippen molar-refractivity contribution in [2.75, 3.05) is 13.7 Å². The minimum absolute atomic E-state index is 0.121. The molecule has 5 heteroatoms. The molecule has 102 valence electrons. The summed E-state index contributed by atoms with van der Waals surface area (Å²) in [5.41, 5.74) is 0.467. The standard InChI is InChI=1S/C13H23N3O2/c1-6-18-11(13(2,3)4)12-15-9(8-14-5)7-10(17)16-12/h7,11,14H,6,8H2,1-5H3,(H,15,16,17). The minimum atomic E-state index is -0.216. The molecule has 0 fully saturated rings. The maximum absolute atomic E-state index is 11.6. The molecule has 0 saturated heterocycles. The highest BCUT2D eigenvalue weighted by Gasteiger charge is 2.29. The van der Waals surface area contributed by atoms with E-state index in [0.717, 1.165) is 5.69 Å². The molecular formula is C13H23N3O2. The first kappa shape index (κ1) is 14.9. The summed E-state index contributed by atoms with van der Waals surface area (Å²) in [6.07, 6.45) is -0.216. The average molecular weight is 253 g/mol. The molecule has 0 aromatic carbocycles. The molecule has 2 N–H and O–H groups in total. The third-order valence-corrected chi connectivity index (χ3v) is 2.54. The quantitative estimate of drug-likeness (QED) is 0.836. The average Bonchev–Trinajstić information content (AvgIpc) is 2.23. The highest BCUT2D eigenvalue weighted by Crippen LogP contribution is 2.33. The second kappa shape index (κ2) is 6.11. The molecular weight excluding hydrogens is 230 g/mol. The van der Waals surface area contributed by atoms with Crippen LogP contribution in [0.25, 0.3) is 0 Å². The maximum Gasteiger partial charge on any atom is 0.251 e. The molecule has 0 aliphatic rings. The Balaban J connectivity index is 3.15. The largest absolute Gasteiger partial charge is 0.370 e. The van der Waals surface area contributed by atoms with Gasteiger partial charge in [0.05, 0.1) is 5.69 Å². The summed E-state index contributed by atoms with van der Waals surface area (Å²) in [5.74, 6) is 0.599. The van der Waals surface area contributed by atoms with Gasteiger partial charge in [0.1, 0.15) is 11.9 Å². The first-order chi connectivity index (χ1) is 8.38. The molecule has 1 aromatic heterocycles. The van der Waals surface area contributed by atoms with E-state index in [9.17, 15) is 4.79 Å². The first-order valence-corrected chi connectivity index (χ1v) is 6.24. The SMILES string of the molecule is CCOC(c1nc(CNC)cc(=O)[nH]1)C(C)(C)C. The number of aromatic nitrogens is 2. The van der Waals surface area contributed by atoms with Gasteiger partial charge in [0.2, 0.25) is 0 Å². The van der Waals surface area contributed by atoms with Gasteiger partial charge in [-0.3, -0.25) is 4.79 Å². The van der Waals surface area contributed by atoms with Gasteiger partial charge in [-0.15, -0.1) is 0 Å². The van der Waals surface area contributed by atoms with Crippen molar-refractivity contribution >= 4 is 0 Å². The molecule has 1 unspecified atom stereocenters. The number of ether oxygens (including phenoxy) is 1. The highest BCUT2D eigenvalue weighted by molar-refractivity contribution is 5.06. The van der Waals surface area contributed by atoms with E-state index in [-0.39, 0.29) is 17.1 Å². The van der Waals surface area contributed by atoms with Crippen molar-refractivity contribution in [3.05, 3.63) is 27.9 Å². The fourth-order valence-electron chi connectivity index (χ4n) is 1.83. The molecule has 0 spiro atoms. The molecule has 0 bridgehead atoms. The third kappa shape index (κ3) is 3.92. The lowest BCUT2D eigenvalue weighted by atomic mass is 9.88. The second-order valence-electron chi connectivity index (χ2n) is 5.35. The van der Waals surface area contributed by atoms with Gasteiger partial charge in [0.15, 0.2) is 0 Å². The molecule has 0 saturated carbocycles. The normalized spacial score (nSPS) is 13.6. The van der Waals surface area contributed by atoms with Crippen molar-refractivity contribution in [1.29, 1.82) is 0 Å². The third-order valence-electron chi connectivity index (χ3n) is 2.54. The molecule has 1 aromatic rings. The Labute approximate surface area is 108 Å². The fourth-order valence-corrected chi connectivity index (χ4v) is 1.83. The first-order valence-electron chi connectivity index (χ1n) is 6.24. The zero-order chi connectivity index (χ0) is 13.8. The van der Waals surface area contributed by atoms with E-state index in [1.807, 2.05) is 14.0 Å². The van der Waals surface area contributed by atoms with E-state index in [0.29, 0.717) is 19.0 Å². The Morgan fingerprint density at radius 1 is 1.50 bits per heavy atom. The van der Waals surface area contributed by atoms with Crippen LogP contribution in [-0.4, -0.2) is 23.6 Å². The van der Waals surface area contributed by atoms with Crippen LogP contribution in [-0.2, 0) is 11.3 Å². The fraction of sp³-hybridized carbons (Fsp3) is 0.692. The van der Waals surface area contributed by atoms with Crippen LogP contribution in [0.5, 0.6) is 0 Å². The topological polar surface area (TPSA) is 67.0 Å². The summed E-state index contributed by atoms with van der Waals surface area (Å²) in [4.78, 5) is 18.9. The molecule has 1 heterocycles. The summed E-state index contributed by atoms with van der Waals surface area (Å²) in [6.45, 7) is 9.30. The van der Waals surface area contributed by atoms with Gasteiger partial charge in [0, 0.05) is 19.2 Å². The Morgan fingerprint density at radius 2 is 2.17 bits per heavy atom. The van der Waals surface area contributed by atoms with Gasteiger partial charge in [-0.25, -0.2) is 4.98 Å². The summed E-state index contributed by atoms with van der Waals surface area (Å²) < 4.78 is 5.73. The number of nitrogens with one attached hydrogen (secondary N) is 2. The Morgan fingerprint density at radius 3 is 2.67 bits per heavy atom. The van der Waals surface area contributed by atoms with E-state index in [1.54, 1.807) is 0 Å². The number of nitrogens with zero attached hydrogens (tertiary/aromatic N) is 1. The molecule has 0 amide bonds. The van der Waals surface area contributed by atoms with Crippen LogP contribution in [0.15, 0.2) is 10.9 Å². The lowest BCUT2D eigenvalue weighted by Crippen LogP contribution is -2.27. The van der Waals surface area contributed by atoms with Crippen molar-refractivity contribution in [2.45, 2.75) is 40.3 Å². The second-order valence-corrected chi connectivity index (χ2v) is 5.35. The number of aromatic amines is 1. The summed E-state index contributed by atoms with van der Waals surface area (Å²) in [6, 6.07) is 1.51. The van der Waals surface area contributed by atoms with E-state index in [4.69, 9.17) is 4.74 Å². The van der Waals surface area contributed by atoms with Crippen molar-refractivity contribution < 1.29 is 4.74 Å². The van der Waals surface area contributed by atoms with Crippen LogP contribution in [0.3, 0.4) is 0 Å². The molecule has 18 heavy (non-hydrogen) atoms. The van der Waals surface area contributed by atoms with Crippen molar-refractivity contribution in [3.8, 4) is 0 Å². The maximum atomic E-state index is 11.6. The van der Waals surface area contributed by atoms with Gasteiger partial charge in [-0.2, -0.15) is 0 Å². The van der Waals surface area contributed by atoms with Crippen molar-refractivity contribution in [3.63, 3.8) is 0 Å². The number of hydrogen-bond donors (Lipinski definition) is 2. The van der Waals surface area contributed by atoms with Gasteiger partial charge in [-0.1, -0.05) is 20.8 Å². The summed E-state index contributed by atoms with van der Waals surface area (Å²) in [7, 11) is 1.83. The molecule has 0 aliphatic carbocycles. The molecule has 0 aliphatic heterocycles. The highest BCUT2D eigenvalue weighted by atomic mass is 16.5. The Kier molecular flexibility index (Phi) is 5.04. The van der Waals surface area contributed by atoms with Gasteiger partial charge >= 0.3 is 0 Å². The number of rotatable bonds is 5. The zero-order valence-electron chi connectivity index (χ0n) is 11.8. The molecule has 1 rings (SSSR count). The van der Waals surface area contributed by atoms with Crippen LogP contribution >= 0.6 is 0 Å². The van der Waals surface area contributed by atoms with E-state index < -0.39 is 0 Å². The smallest absolute Gasteiger partial charge is 0.251 e. The van der Waals surface area contributed by atoms with E-state index in [2.05, 4.69) is 36.1 Å². The minimum Gasteiger partial charge on any atom is -0.370 e. The van der Waals surface area contributed by atoms with Crippen molar-refractivity contribution in [1.82, 2.24) is 15.3 Å². The Bertz CT molecular complexity index is 435. The lowest BCUT2D eigenvalue weighted by molar-refractivity contribution is -0.0194. The van der Waals surface area contributed by atoms with Crippen LogP contribution in [0.1, 0.15) is 45.3 Å². The van der Waals surface area contributed by atoms with Crippen LogP contribution in [0, 0.1) is 5.41 Å². The van der Waals surface area contributed by atoms with Crippen LogP contribution in [0.4, 0.5) is 0 Å². The van der Waals surface area contributed by atoms with E-state index in [1.165, 1.54) is 6.07 Å². The van der Waals surface area contributed by atoms with Crippen molar-refractivity contribution in [2.24, 2.45) is 5.41 Å². The Hall–Kier alpha value is -1.20. The van der Waals surface area contributed by atoms with Gasteiger partial charge in [0.25, 0.3) is 5.56 Å². The molecule has 1 atom stereocenters. The van der Waals surface area contributed by atoms with E-state index >= 15 is 0 Å². The van der Waals surface area contributed by atoms with Gasteiger partial charge in [-0.05, 0) is 19.4 Å². The van der Waals surface area contributed by atoms with Crippen LogP contribution < -0.4 is 10.9 Å². The lowest BCUT2D eigenvalue weighted by Gasteiger charge is -2.29. The van der Waals surface area contributed by atoms with Gasteiger partial charge < -0.3 is 15.0 Å². The predicted octanol–water partition coefficient (Wildman–Crippen LogP) is 1.61. The summed E-state index contributed by atoms with van der Waals surface area (Å²) >= 11 is 0. The monoisotopic (exact) mass is 253 g/mol. The molecule has 5 nitrogen and oxygen atoms in total. The number of hydrogen-bond acceptors (Lipinski definition) is 4. The molecule has 0 radical (unpaired) electrons. The van der Waals surface area contributed by atoms with Crippen LogP contribution in [0.2, 0.25) is 0 Å².